The van der Waals surface area contributed by atoms with Gasteiger partial charge in [0, 0.05) is 13.3 Å². The normalized spacial score (nSPS) is 16.7. The number of nitrogens with one attached hydrogen (secondary N) is 1. The lowest BCUT2D eigenvalue weighted by molar-refractivity contribution is -0.151. The molecule has 0 aliphatic heterocycles. The molecular formula is C11H22NO12P. The molecule has 0 aromatic rings. The summed E-state index contributed by atoms with van der Waals surface area (Å²) in [5.74, 6) is -3.89. The van der Waals surface area contributed by atoms with Crippen molar-refractivity contribution in [3.63, 3.8) is 0 Å². The van der Waals surface area contributed by atoms with Crippen LogP contribution in [0.15, 0.2) is 0 Å². The maximum Gasteiger partial charge on any atom is 0.372 e. The molecule has 148 valence electrons. The predicted octanol–water partition coefficient (Wildman–Crippen LogP) is -4.84. The summed E-state index contributed by atoms with van der Waals surface area (Å²) in [6, 6.07) is -1.61. The molecular weight excluding hydrogens is 369 g/mol. The van der Waals surface area contributed by atoms with Crippen LogP contribution < -0.4 is 5.32 Å². The van der Waals surface area contributed by atoms with Crippen molar-refractivity contribution in [3.8, 4) is 0 Å². The van der Waals surface area contributed by atoms with Gasteiger partial charge in [0.25, 0.3) is 0 Å². The van der Waals surface area contributed by atoms with Gasteiger partial charge in [-0.25, -0.2) is 4.79 Å². The molecule has 0 spiro atoms. The van der Waals surface area contributed by atoms with Crippen LogP contribution in [0, 0.1) is 0 Å². The van der Waals surface area contributed by atoms with Gasteiger partial charge in [-0.15, -0.1) is 0 Å². The van der Waals surface area contributed by atoms with Crippen LogP contribution in [-0.2, 0) is 14.4 Å². The molecule has 13 nitrogen and oxygen atoms in total. The number of hydrogen-bond donors (Lipinski definition) is 10. The summed E-state index contributed by atoms with van der Waals surface area (Å²) in [7, 11) is -2.62. The fraction of sp³-hybridized carbons (Fsp3) is 0.727. The third-order valence-electron chi connectivity index (χ3n) is 2.72. The average Bonchev–Trinajstić information content (AvgIpc) is 2.49. The smallest absolute Gasteiger partial charge is 0.372 e. The van der Waals surface area contributed by atoms with Crippen molar-refractivity contribution in [2.45, 2.75) is 43.8 Å². The van der Waals surface area contributed by atoms with Crippen LogP contribution in [0.5, 0.6) is 0 Å². The summed E-state index contributed by atoms with van der Waals surface area (Å²) in [5.41, 5.74) is 0. The second kappa shape index (κ2) is 13.0. The van der Waals surface area contributed by atoms with Crippen molar-refractivity contribution in [1.82, 2.24) is 5.32 Å². The molecule has 0 aliphatic rings. The van der Waals surface area contributed by atoms with Crippen molar-refractivity contribution >= 4 is 26.3 Å². The van der Waals surface area contributed by atoms with Crippen molar-refractivity contribution < 1.29 is 59.7 Å². The summed E-state index contributed by atoms with van der Waals surface area (Å²) in [6.07, 6.45) is -8.35. The Hall–Kier alpha value is -1.28. The minimum atomic E-state index is -2.62. The molecule has 0 aliphatic carbocycles. The maximum absolute atomic E-state index is 11.0. The number of amides is 1. The molecule has 0 bridgehead atoms. The van der Waals surface area contributed by atoms with E-state index in [0.29, 0.717) is 0 Å². The number of carboxylic acid groups (broad SMARTS) is 1. The monoisotopic (exact) mass is 391 g/mol. The highest BCUT2D eigenvalue weighted by atomic mass is 31.2. The molecule has 25 heavy (non-hydrogen) atoms. The first-order valence-corrected chi connectivity index (χ1v) is 7.78. The molecule has 10 N–H and O–H groups in total. The van der Waals surface area contributed by atoms with Crippen LogP contribution in [0.25, 0.3) is 0 Å². The number of carbonyl (C=O) groups is 3. The summed E-state index contributed by atoms with van der Waals surface area (Å²) in [6.45, 7) is 0.134. The maximum atomic E-state index is 11.0. The van der Waals surface area contributed by atoms with Gasteiger partial charge in [-0.2, -0.15) is 0 Å². The van der Waals surface area contributed by atoms with Crippen molar-refractivity contribution in [2.75, 3.05) is 6.61 Å². The van der Waals surface area contributed by atoms with Crippen LogP contribution in [0.1, 0.15) is 13.3 Å². The van der Waals surface area contributed by atoms with Crippen LogP contribution in [0.2, 0.25) is 0 Å². The number of Topliss-reactive ketones (excluding diaryl/α,β-unsaturated/α-hetero) is 1. The highest BCUT2D eigenvalue weighted by Gasteiger charge is 2.37. The molecule has 1 amide bonds. The van der Waals surface area contributed by atoms with Gasteiger partial charge in [0.15, 0.2) is 0 Å². The van der Waals surface area contributed by atoms with E-state index in [-0.39, 0.29) is 0 Å². The van der Waals surface area contributed by atoms with Gasteiger partial charge >= 0.3 is 14.6 Å². The van der Waals surface area contributed by atoms with Crippen LogP contribution in [0.4, 0.5) is 0 Å². The van der Waals surface area contributed by atoms with E-state index in [1.54, 1.807) is 0 Å². The predicted molar refractivity (Wildman–Crippen MR) is 79.6 cm³/mol. The molecule has 0 aromatic heterocycles. The number of aliphatic hydroxyl groups excluding tert-OH is 5. The fourth-order valence-corrected chi connectivity index (χ4v) is 1.60. The summed E-state index contributed by atoms with van der Waals surface area (Å²) in [4.78, 5) is 54.1. The zero-order valence-electron chi connectivity index (χ0n) is 13.0. The second-order valence-corrected chi connectivity index (χ2v) is 5.26. The van der Waals surface area contributed by atoms with Crippen LogP contribution in [-0.4, -0.2) is 100 Å². The topological polar surface area (TPSA) is 245 Å². The third-order valence-corrected chi connectivity index (χ3v) is 2.72. The van der Waals surface area contributed by atoms with Gasteiger partial charge in [0.1, 0.15) is 18.3 Å². The van der Waals surface area contributed by atoms with Crippen LogP contribution in [0.3, 0.4) is 0 Å². The Kier molecular flexibility index (Phi) is 13.5. The first kappa shape index (κ1) is 26.0. The van der Waals surface area contributed by atoms with Gasteiger partial charge in [-0.3, -0.25) is 9.59 Å². The summed E-state index contributed by atoms with van der Waals surface area (Å²) in [5, 5.41) is 57.4. The highest BCUT2D eigenvalue weighted by Crippen LogP contribution is 2.12. The second-order valence-electron chi connectivity index (χ2n) is 4.73. The fourth-order valence-electron chi connectivity index (χ4n) is 1.60. The Balaban J connectivity index is 0. The molecule has 0 aromatic carbocycles. The number of rotatable bonds is 9. The number of aliphatic carboxylic acids is 1. The van der Waals surface area contributed by atoms with Gasteiger partial charge < -0.3 is 50.6 Å². The number of ketones is 1. The van der Waals surface area contributed by atoms with Gasteiger partial charge in [-0.05, 0) is 0 Å². The Morgan fingerprint density at radius 2 is 1.40 bits per heavy atom. The highest BCUT2D eigenvalue weighted by molar-refractivity contribution is 7.38. The quantitative estimate of drug-likeness (QED) is 0.131. The summed E-state index contributed by atoms with van der Waals surface area (Å²) < 4.78 is 0. The van der Waals surface area contributed by atoms with Crippen molar-refractivity contribution in [1.29, 1.82) is 0 Å². The lowest BCUT2D eigenvalue weighted by Gasteiger charge is -2.32. The lowest BCUT2D eigenvalue weighted by Crippen LogP contribution is -2.57. The molecule has 0 saturated carbocycles. The van der Waals surface area contributed by atoms with E-state index in [1.165, 1.54) is 0 Å². The average molecular weight is 391 g/mol. The number of aliphatic hydroxyl groups is 5. The van der Waals surface area contributed by atoms with Gasteiger partial charge in [0.2, 0.25) is 11.7 Å². The van der Waals surface area contributed by atoms with E-state index in [4.69, 9.17) is 24.9 Å². The van der Waals surface area contributed by atoms with Gasteiger partial charge in [-0.1, -0.05) is 0 Å². The van der Waals surface area contributed by atoms with E-state index < -0.39 is 69.7 Å². The zero-order valence-corrected chi connectivity index (χ0v) is 13.9. The molecule has 0 fully saturated rings. The molecule has 14 heteroatoms. The standard InChI is InChI=1S/C11H19NO9.H3O3P/c1-4(14)12-8(5(15)2-6(16)11(20)21)10(19)9(18)7(17)3-13;1-4(2)3/h5,7-10,13,15,17-19H,2-3H2,1H3,(H,12,14)(H,20,21);1-3H/t5-,7+,8+,9+,10+;/m0./s1. The van der Waals surface area contributed by atoms with E-state index in [0.717, 1.165) is 6.92 Å². The van der Waals surface area contributed by atoms with E-state index in [2.05, 4.69) is 0 Å². The van der Waals surface area contributed by atoms with E-state index in [9.17, 15) is 34.8 Å². The number of hydrogen-bond acceptors (Lipinski definition) is 11. The summed E-state index contributed by atoms with van der Waals surface area (Å²) >= 11 is 0. The molecule has 0 heterocycles. The van der Waals surface area contributed by atoms with Crippen LogP contribution >= 0.6 is 8.60 Å². The minimum Gasteiger partial charge on any atom is -0.475 e. The van der Waals surface area contributed by atoms with Crippen molar-refractivity contribution in [2.24, 2.45) is 0 Å². The number of carboxylic acids is 1. The van der Waals surface area contributed by atoms with E-state index in [1.807, 2.05) is 5.32 Å². The molecule has 0 radical (unpaired) electrons. The number of carbonyl (C=O) groups excluding carboxylic acids is 2. The Morgan fingerprint density at radius 1 is 0.960 bits per heavy atom. The Labute approximate surface area is 142 Å². The first-order valence-electron chi connectivity index (χ1n) is 6.58. The Morgan fingerprint density at radius 3 is 1.72 bits per heavy atom. The molecule has 0 saturated heterocycles. The van der Waals surface area contributed by atoms with E-state index >= 15 is 0 Å². The molecule has 0 rings (SSSR count). The Bertz CT molecular complexity index is 431. The largest absolute Gasteiger partial charge is 0.475 e. The SMILES string of the molecule is CC(=O)N[C@@H]([C@@H](O)[C@H](O)[C@H](O)CO)[C@@H](O)CC(=O)C(=O)O.OP(O)O. The third kappa shape index (κ3) is 11.8. The first-order chi connectivity index (χ1) is 11.3. The van der Waals surface area contributed by atoms with Gasteiger partial charge in [0.05, 0.1) is 18.8 Å². The minimum absolute atomic E-state index is 0.730. The molecule has 0 unspecified atom stereocenters. The lowest BCUT2D eigenvalue weighted by atomic mass is 9.94. The molecule has 5 atom stereocenters. The van der Waals surface area contributed by atoms with Crippen molar-refractivity contribution in [3.05, 3.63) is 0 Å². The zero-order chi connectivity index (χ0) is 20.3.